The van der Waals surface area contributed by atoms with Crippen molar-refractivity contribution in [3.8, 4) is 0 Å². The van der Waals surface area contributed by atoms with Gasteiger partial charge in [0.1, 0.15) is 0 Å². The lowest BCUT2D eigenvalue weighted by molar-refractivity contribution is 0.0200. The molecule has 0 saturated heterocycles. The molecule has 0 aromatic rings. The first-order valence-electron chi connectivity index (χ1n) is 6.89. The van der Waals surface area contributed by atoms with Gasteiger partial charge in [0.2, 0.25) is 0 Å². The average Bonchev–Trinajstić information content (AvgIpc) is 1.98. The Balaban J connectivity index is 3.94. The van der Waals surface area contributed by atoms with E-state index in [-0.39, 0.29) is 0 Å². The van der Waals surface area contributed by atoms with E-state index in [1.807, 2.05) is 6.92 Å². The highest BCUT2D eigenvalue weighted by Gasteiger charge is 2.25. The molecule has 0 amide bonds. The fraction of sp³-hybridized carbons (Fsp3) is 1.00. The van der Waals surface area contributed by atoms with Crippen LogP contribution in [0.25, 0.3) is 0 Å². The normalized spacial score (nSPS) is 18.2. The van der Waals surface area contributed by atoms with Crippen molar-refractivity contribution in [2.45, 2.75) is 85.7 Å². The van der Waals surface area contributed by atoms with Gasteiger partial charge < -0.3 is 5.11 Å². The molecule has 2 atom stereocenters. The maximum Gasteiger partial charge on any atom is 0.0622 e. The number of hydrogen-bond acceptors (Lipinski definition) is 1. The first-order chi connectivity index (χ1) is 7.16. The Bertz CT molecular complexity index is 176. The summed E-state index contributed by atoms with van der Waals surface area (Å²) in [6.45, 7) is 13.3. The van der Waals surface area contributed by atoms with Gasteiger partial charge in [0.15, 0.2) is 0 Å². The second-order valence-electron chi connectivity index (χ2n) is 7.03. The van der Waals surface area contributed by atoms with Gasteiger partial charge in [-0.3, -0.25) is 0 Å². The molecule has 0 saturated carbocycles. The fourth-order valence-electron chi connectivity index (χ4n) is 2.73. The molecule has 0 heterocycles. The Morgan fingerprint density at radius 2 is 1.56 bits per heavy atom. The van der Waals surface area contributed by atoms with Crippen molar-refractivity contribution in [3.05, 3.63) is 0 Å². The molecule has 0 bridgehead atoms. The highest BCUT2D eigenvalue weighted by atomic mass is 16.3. The summed E-state index contributed by atoms with van der Waals surface area (Å²) in [5, 5.41) is 10.3. The Labute approximate surface area is 103 Å². The minimum atomic E-state index is -0.458. The summed E-state index contributed by atoms with van der Waals surface area (Å²) >= 11 is 0. The van der Waals surface area contributed by atoms with Gasteiger partial charge >= 0.3 is 0 Å². The summed E-state index contributed by atoms with van der Waals surface area (Å²) in [6.07, 6.45) is 6.71. The molecule has 16 heavy (non-hydrogen) atoms. The zero-order chi connectivity index (χ0) is 12.8. The smallest absolute Gasteiger partial charge is 0.0622 e. The highest BCUT2D eigenvalue weighted by molar-refractivity contribution is 4.77. The number of aliphatic hydroxyl groups is 1. The molecular formula is C15H32O. The molecule has 1 nitrogen and oxygen atoms in total. The van der Waals surface area contributed by atoms with Crippen LogP contribution in [0, 0.1) is 11.3 Å². The van der Waals surface area contributed by atoms with E-state index in [1.165, 1.54) is 19.3 Å². The van der Waals surface area contributed by atoms with E-state index >= 15 is 0 Å². The van der Waals surface area contributed by atoms with Crippen LogP contribution in [-0.4, -0.2) is 10.7 Å². The number of rotatable bonds is 7. The molecule has 0 aliphatic carbocycles. The first kappa shape index (κ1) is 16.0. The van der Waals surface area contributed by atoms with Crippen molar-refractivity contribution in [2.24, 2.45) is 11.3 Å². The van der Waals surface area contributed by atoms with E-state index < -0.39 is 5.60 Å². The Kier molecular flexibility index (Phi) is 6.62. The number of hydrogen-bond donors (Lipinski definition) is 1. The van der Waals surface area contributed by atoms with Crippen molar-refractivity contribution < 1.29 is 5.11 Å². The Morgan fingerprint density at radius 1 is 1.00 bits per heavy atom. The van der Waals surface area contributed by atoms with Crippen LogP contribution in [0.5, 0.6) is 0 Å². The van der Waals surface area contributed by atoms with Crippen molar-refractivity contribution in [2.75, 3.05) is 0 Å². The lowest BCUT2D eigenvalue weighted by Crippen LogP contribution is -2.28. The average molecular weight is 228 g/mol. The molecule has 0 aliphatic rings. The van der Waals surface area contributed by atoms with Gasteiger partial charge in [-0.25, -0.2) is 0 Å². The minimum Gasteiger partial charge on any atom is -0.390 e. The third-order valence-corrected chi connectivity index (χ3v) is 3.07. The van der Waals surface area contributed by atoms with Gasteiger partial charge in [-0.1, -0.05) is 53.9 Å². The lowest BCUT2D eigenvalue weighted by Gasteiger charge is -2.30. The quantitative estimate of drug-likeness (QED) is 0.622. The molecule has 1 N–H and O–H groups in total. The maximum absolute atomic E-state index is 10.3. The first-order valence-corrected chi connectivity index (χ1v) is 6.89. The molecule has 2 unspecified atom stereocenters. The summed E-state index contributed by atoms with van der Waals surface area (Å²) in [6, 6.07) is 0. The van der Waals surface area contributed by atoms with Gasteiger partial charge in [0.05, 0.1) is 5.60 Å². The molecule has 0 radical (unpaired) electrons. The molecule has 0 rings (SSSR count). The zero-order valence-electron chi connectivity index (χ0n) is 12.3. The molecule has 0 spiro atoms. The van der Waals surface area contributed by atoms with E-state index in [0.29, 0.717) is 11.3 Å². The topological polar surface area (TPSA) is 20.2 Å². The van der Waals surface area contributed by atoms with Gasteiger partial charge in [-0.05, 0) is 37.5 Å². The van der Waals surface area contributed by atoms with Gasteiger partial charge in [-0.2, -0.15) is 0 Å². The van der Waals surface area contributed by atoms with E-state index in [4.69, 9.17) is 0 Å². The van der Waals surface area contributed by atoms with Crippen molar-refractivity contribution in [3.63, 3.8) is 0 Å². The third-order valence-electron chi connectivity index (χ3n) is 3.07. The molecule has 0 fully saturated rings. The Morgan fingerprint density at radius 3 is 2.00 bits per heavy atom. The molecule has 0 aliphatic heterocycles. The number of unbranched alkanes of at least 4 members (excludes halogenated alkanes) is 2. The highest BCUT2D eigenvalue weighted by Crippen LogP contribution is 2.31. The van der Waals surface area contributed by atoms with Crippen LogP contribution >= 0.6 is 0 Å². The van der Waals surface area contributed by atoms with Gasteiger partial charge in [0, 0.05) is 0 Å². The van der Waals surface area contributed by atoms with Crippen LogP contribution in [0.1, 0.15) is 80.1 Å². The fourth-order valence-corrected chi connectivity index (χ4v) is 2.73. The lowest BCUT2D eigenvalue weighted by atomic mass is 9.79. The summed E-state index contributed by atoms with van der Waals surface area (Å²) in [4.78, 5) is 0. The molecule has 98 valence electrons. The van der Waals surface area contributed by atoms with Crippen molar-refractivity contribution >= 4 is 0 Å². The largest absolute Gasteiger partial charge is 0.390 e. The minimum absolute atomic E-state index is 0.374. The summed E-state index contributed by atoms with van der Waals surface area (Å²) in [5.74, 6) is 0.608. The second-order valence-corrected chi connectivity index (χ2v) is 7.03. The van der Waals surface area contributed by atoms with Crippen LogP contribution in [-0.2, 0) is 0 Å². The van der Waals surface area contributed by atoms with Gasteiger partial charge in [-0.15, -0.1) is 0 Å². The third kappa shape index (κ3) is 9.21. The monoisotopic (exact) mass is 228 g/mol. The zero-order valence-corrected chi connectivity index (χ0v) is 12.3. The van der Waals surface area contributed by atoms with Crippen LogP contribution in [0.3, 0.4) is 0 Å². The van der Waals surface area contributed by atoms with Crippen LogP contribution in [0.2, 0.25) is 0 Å². The van der Waals surface area contributed by atoms with E-state index in [1.54, 1.807) is 0 Å². The van der Waals surface area contributed by atoms with Crippen molar-refractivity contribution in [1.29, 1.82) is 0 Å². The molecule has 0 aromatic heterocycles. The van der Waals surface area contributed by atoms with E-state index in [9.17, 15) is 5.11 Å². The van der Waals surface area contributed by atoms with Crippen LogP contribution in [0.4, 0.5) is 0 Å². The predicted molar refractivity (Wildman–Crippen MR) is 72.6 cm³/mol. The second kappa shape index (κ2) is 6.64. The molecular weight excluding hydrogens is 196 g/mol. The Hall–Kier alpha value is -0.0400. The van der Waals surface area contributed by atoms with Gasteiger partial charge in [0.25, 0.3) is 0 Å². The van der Waals surface area contributed by atoms with Crippen molar-refractivity contribution in [1.82, 2.24) is 0 Å². The summed E-state index contributed by atoms with van der Waals surface area (Å²) in [7, 11) is 0. The van der Waals surface area contributed by atoms with Crippen LogP contribution < -0.4 is 0 Å². The van der Waals surface area contributed by atoms with E-state index in [2.05, 4.69) is 34.6 Å². The summed E-state index contributed by atoms with van der Waals surface area (Å²) in [5.41, 5.74) is -0.0846. The SMILES string of the molecule is CCCCCC(C)(O)CC(C)CC(C)(C)C. The molecule has 1 heteroatoms. The predicted octanol–water partition coefficient (Wildman–Crippen LogP) is 4.78. The molecule has 0 aromatic carbocycles. The van der Waals surface area contributed by atoms with Crippen LogP contribution in [0.15, 0.2) is 0 Å². The maximum atomic E-state index is 10.3. The van der Waals surface area contributed by atoms with E-state index in [0.717, 1.165) is 19.3 Å². The standard InChI is InChI=1S/C15H32O/c1-7-8-9-10-15(6,16)12-13(2)11-14(3,4)5/h13,16H,7-12H2,1-6H3. The summed E-state index contributed by atoms with van der Waals surface area (Å²) < 4.78 is 0.